The average molecular weight is 276 g/mol. The lowest BCUT2D eigenvalue weighted by molar-refractivity contribution is 0.409. The first kappa shape index (κ1) is 12.5. The van der Waals surface area contributed by atoms with Gasteiger partial charge in [-0.1, -0.05) is 0 Å². The fourth-order valence-corrected chi connectivity index (χ4v) is 2.09. The summed E-state index contributed by atoms with van der Waals surface area (Å²) in [5.41, 5.74) is 0.685. The predicted octanol–water partition coefficient (Wildman–Crippen LogP) is 2.75. The lowest BCUT2D eigenvalue weighted by atomic mass is 10.1. The first-order valence-corrected chi connectivity index (χ1v) is 5.65. The molecule has 1 N–H and O–H groups in total. The molecule has 15 heavy (non-hydrogen) atoms. The van der Waals surface area contributed by atoms with Crippen molar-refractivity contribution in [2.24, 2.45) is 0 Å². The Labute approximate surface area is 98.0 Å². The van der Waals surface area contributed by atoms with Crippen LogP contribution in [0, 0.1) is 5.82 Å². The Hall–Kier alpha value is -0.610. The highest BCUT2D eigenvalue weighted by atomic mass is 79.9. The monoisotopic (exact) mass is 275 g/mol. The summed E-state index contributed by atoms with van der Waals surface area (Å²) >= 11 is 3.36. The van der Waals surface area contributed by atoms with Crippen LogP contribution in [0.1, 0.15) is 12.0 Å². The van der Waals surface area contributed by atoms with E-state index in [1.807, 2.05) is 7.05 Å². The summed E-state index contributed by atoms with van der Waals surface area (Å²) in [5, 5.41) is 3.04. The Morgan fingerprint density at radius 2 is 2.20 bits per heavy atom. The smallest absolute Gasteiger partial charge is 0.133 e. The van der Waals surface area contributed by atoms with Crippen LogP contribution in [0.4, 0.5) is 4.39 Å². The van der Waals surface area contributed by atoms with E-state index in [4.69, 9.17) is 4.74 Å². The van der Waals surface area contributed by atoms with E-state index in [2.05, 4.69) is 21.2 Å². The van der Waals surface area contributed by atoms with Gasteiger partial charge in [-0.25, -0.2) is 4.39 Å². The molecule has 0 saturated heterocycles. The molecule has 0 aromatic heterocycles. The maximum absolute atomic E-state index is 13.5. The third kappa shape index (κ3) is 3.18. The molecule has 0 spiro atoms. The molecule has 0 aliphatic carbocycles. The number of rotatable bonds is 5. The summed E-state index contributed by atoms with van der Waals surface area (Å²) in [7, 11) is 3.46. The molecule has 1 rings (SSSR count). The van der Waals surface area contributed by atoms with Gasteiger partial charge in [0.25, 0.3) is 0 Å². The van der Waals surface area contributed by atoms with Crippen LogP contribution in [0.3, 0.4) is 0 Å². The van der Waals surface area contributed by atoms with Crippen molar-refractivity contribution in [3.05, 3.63) is 28.0 Å². The van der Waals surface area contributed by atoms with Gasteiger partial charge in [0, 0.05) is 5.56 Å². The lowest BCUT2D eigenvalue weighted by Gasteiger charge is -2.10. The minimum absolute atomic E-state index is 0.182. The van der Waals surface area contributed by atoms with E-state index in [1.54, 1.807) is 13.2 Å². The van der Waals surface area contributed by atoms with Gasteiger partial charge in [-0.2, -0.15) is 0 Å². The molecule has 0 fully saturated rings. The highest BCUT2D eigenvalue weighted by molar-refractivity contribution is 9.10. The summed E-state index contributed by atoms with van der Waals surface area (Å²) < 4.78 is 19.3. The molecule has 0 aliphatic heterocycles. The summed E-state index contributed by atoms with van der Waals surface area (Å²) in [5.74, 6) is 0.495. The molecule has 4 heteroatoms. The quantitative estimate of drug-likeness (QED) is 0.835. The second-order valence-corrected chi connectivity index (χ2v) is 4.04. The predicted molar refractivity (Wildman–Crippen MR) is 62.9 cm³/mol. The number of hydrogen-bond donors (Lipinski definition) is 1. The largest absolute Gasteiger partial charge is 0.496 e. The number of halogens is 2. The highest BCUT2D eigenvalue weighted by Crippen LogP contribution is 2.31. The van der Waals surface area contributed by atoms with Crippen molar-refractivity contribution >= 4 is 15.9 Å². The Kier molecular flexibility index (Phi) is 5.05. The van der Waals surface area contributed by atoms with E-state index in [9.17, 15) is 4.39 Å². The van der Waals surface area contributed by atoms with E-state index in [0.29, 0.717) is 17.7 Å². The molecule has 2 nitrogen and oxygen atoms in total. The van der Waals surface area contributed by atoms with Gasteiger partial charge >= 0.3 is 0 Å². The van der Waals surface area contributed by atoms with Gasteiger partial charge in [0.05, 0.1) is 11.6 Å². The van der Waals surface area contributed by atoms with Crippen molar-refractivity contribution in [3.63, 3.8) is 0 Å². The van der Waals surface area contributed by atoms with E-state index < -0.39 is 0 Å². The van der Waals surface area contributed by atoms with Gasteiger partial charge in [0.15, 0.2) is 0 Å². The van der Waals surface area contributed by atoms with Crippen molar-refractivity contribution in [2.75, 3.05) is 20.7 Å². The summed E-state index contributed by atoms with van der Waals surface area (Å²) in [6, 6.07) is 3.07. The minimum Gasteiger partial charge on any atom is -0.496 e. The van der Waals surface area contributed by atoms with Gasteiger partial charge < -0.3 is 10.1 Å². The maximum atomic E-state index is 13.5. The highest BCUT2D eigenvalue weighted by Gasteiger charge is 2.11. The van der Waals surface area contributed by atoms with Gasteiger partial charge in [-0.3, -0.25) is 0 Å². The summed E-state index contributed by atoms with van der Waals surface area (Å²) in [4.78, 5) is 0. The summed E-state index contributed by atoms with van der Waals surface area (Å²) in [6.07, 6.45) is 1.60. The maximum Gasteiger partial charge on any atom is 0.133 e. The first-order chi connectivity index (χ1) is 7.20. The van der Waals surface area contributed by atoms with Crippen molar-refractivity contribution < 1.29 is 9.13 Å². The molecule has 0 heterocycles. The Morgan fingerprint density at radius 1 is 1.47 bits per heavy atom. The zero-order chi connectivity index (χ0) is 11.3. The van der Waals surface area contributed by atoms with Crippen molar-refractivity contribution in [2.45, 2.75) is 12.8 Å². The molecule has 0 radical (unpaired) electrons. The van der Waals surface area contributed by atoms with E-state index >= 15 is 0 Å². The van der Waals surface area contributed by atoms with Gasteiger partial charge in [-0.15, -0.1) is 0 Å². The van der Waals surface area contributed by atoms with E-state index in [0.717, 1.165) is 17.4 Å². The molecular formula is C11H15BrFNO. The Balaban J connectivity index is 2.84. The van der Waals surface area contributed by atoms with Crippen LogP contribution >= 0.6 is 15.9 Å². The van der Waals surface area contributed by atoms with Gasteiger partial charge in [-0.05, 0) is 54.5 Å². The van der Waals surface area contributed by atoms with Crippen molar-refractivity contribution in [1.82, 2.24) is 5.32 Å². The second kappa shape index (κ2) is 6.08. The average Bonchev–Trinajstić information content (AvgIpc) is 2.23. The standard InChI is InChI=1S/C11H15BrFNO/c1-14-7-3-4-8-9(13)5-6-10(15-2)11(8)12/h5-6,14H,3-4,7H2,1-2H3. The van der Waals surface area contributed by atoms with Gasteiger partial charge in [0.2, 0.25) is 0 Å². The Bertz CT molecular complexity index is 331. The van der Waals surface area contributed by atoms with Crippen molar-refractivity contribution in [3.8, 4) is 5.75 Å². The van der Waals surface area contributed by atoms with Crippen LogP contribution in [0.15, 0.2) is 16.6 Å². The molecule has 0 unspecified atom stereocenters. The van der Waals surface area contributed by atoms with Gasteiger partial charge in [0.1, 0.15) is 11.6 Å². The second-order valence-electron chi connectivity index (χ2n) is 3.25. The molecule has 1 aromatic carbocycles. The van der Waals surface area contributed by atoms with Crippen LogP contribution in [0.5, 0.6) is 5.75 Å². The molecular weight excluding hydrogens is 261 g/mol. The van der Waals surface area contributed by atoms with Crippen molar-refractivity contribution in [1.29, 1.82) is 0 Å². The minimum atomic E-state index is -0.182. The normalized spacial score (nSPS) is 10.4. The van der Waals surface area contributed by atoms with E-state index in [-0.39, 0.29) is 5.82 Å². The molecule has 1 aromatic rings. The first-order valence-electron chi connectivity index (χ1n) is 4.86. The molecule has 84 valence electrons. The Morgan fingerprint density at radius 3 is 2.80 bits per heavy atom. The number of nitrogens with one attached hydrogen (secondary N) is 1. The molecule has 0 atom stereocenters. The summed E-state index contributed by atoms with van der Waals surface area (Å²) in [6.45, 7) is 0.878. The molecule has 0 aliphatic rings. The van der Waals surface area contributed by atoms with Crippen LogP contribution < -0.4 is 10.1 Å². The third-order valence-corrected chi connectivity index (χ3v) is 3.09. The number of methoxy groups -OCH3 is 1. The number of benzene rings is 1. The van der Waals surface area contributed by atoms with Crippen LogP contribution in [0.2, 0.25) is 0 Å². The lowest BCUT2D eigenvalue weighted by Crippen LogP contribution is -2.09. The number of hydrogen-bond acceptors (Lipinski definition) is 2. The zero-order valence-corrected chi connectivity index (χ0v) is 10.5. The van der Waals surface area contributed by atoms with Crippen LogP contribution in [-0.2, 0) is 6.42 Å². The zero-order valence-electron chi connectivity index (χ0n) is 8.94. The third-order valence-electron chi connectivity index (χ3n) is 2.22. The van der Waals surface area contributed by atoms with E-state index in [1.165, 1.54) is 6.07 Å². The molecule has 0 bridgehead atoms. The molecule has 0 saturated carbocycles. The number of ether oxygens (including phenoxy) is 1. The molecule has 0 amide bonds. The fraction of sp³-hybridized carbons (Fsp3) is 0.455. The van der Waals surface area contributed by atoms with Crippen LogP contribution in [-0.4, -0.2) is 20.7 Å². The van der Waals surface area contributed by atoms with Crippen LogP contribution in [0.25, 0.3) is 0 Å². The topological polar surface area (TPSA) is 21.3 Å². The SMILES string of the molecule is CNCCCc1c(F)ccc(OC)c1Br. The fourth-order valence-electron chi connectivity index (χ4n) is 1.40.